The smallest absolute Gasteiger partial charge is 0.305 e. The molecule has 42 heavy (non-hydrogen) atoms. The molecule has 9 heteroatoms. The quantitative estimate of drug-likeness (QED) is 0.187. The summed E-state index contributed by atoms with van der Waals surface area (Å²) in [5, 5.41) is 13.3. The third kappa shape index (κ3) is 10.5. The van der Waals surface area contributed by atoms with Crippen LogP contribution < -0.4 is 15.8 Å². The molecule has 0 spiro atoms. The highest BCUT2D eigenvalue weighted by atomic mass is 19.1. The zero-order valence-electron chi connectivity index (χ0n) is 26.2. The number of nitrogens with zero attached hydrogens (tertiary/aromatic N) is 2. The van der Waals surface area contributed by atoms with Crippen molar-refractivity contribution < 1.29 is 23.8 Å². The van der Waals surface area contributed by atoms with E-state index >= 15 is 0 Å². The Morgan fingerprint density at radius 1 is 1.14 bits per heavy atom. The Morgan fingerprint density at radius 3 is 2.60 bits per heavy atom. The van der Waals surface area contributed by atoms with Gasteiger partial charge in [0.1, 0.15) is 5.82 Å². The summed E-state index contributed by atoms with van der Waals surface area (Å²) in [4.78, 5) is 19.0. The van der Waals surface area contributed by atoms with Crippen LogP contribution in [-0.2, 0) is 22.4 Å². The highest BCUT2D eigenvalue weighted by molar-refractivity contribution is 5.68. The molecule has 0 fully saturated rings. The standard InChI is InChI=1S/C33H51FN4O4/c1-32(2,20-35)22-42-23-33(3,4)21-38(28(19-30(39)40)25-13-15-29(41-5)27(34)18-25)17-8-6-7-11-26-14-12-24-10-9-16-36-31(24)37-26/h12-15,18,28H,6-11,16-17,19-23,35H2,1-5H3,(H,36,37)(H,39,40)/t28-/m0/s1. The second kappa shape index (κ2) is 15.6. The van der Waals surface area contributed by atoms with E-state index in [1.807, 2.05) is 0 Å². The number of unbranched alkanes of at least 4 members (excludes halogenated alkanes) is 2. The number of benzene rings is 1. The van der Waals surface area contributed by atoms with Crippen LogP contribution in [0.2, 0.25) is 0 Å². The molecule has 3 rings (SSSR count). The summed E-state index contributed by atoms with van der Waals surface area (Å²) in [6, 6.07) is 8.58. The average molecular weight is 587 g/mol. The molecule has 0 aliphatic carbocycles. The van der Waals surface area contributed by atoms with E-state index in [0.717, 1.165) is 56.6 Å². The third-order valence-electron chi connectivity index (χ3n) is 7.87. The van der Waals surface area contributed by atoms with Crippen LogP contribution in [0.1, 0.15) is 82.7 Å². The summed E-state index contributed by atoms with van der Waals surface area (Å²) in [6.07, 6.45) is 5.83. The predicted octanol–water partition coefficient (Wildman–Crippen LogP) is 5.85. The largest absolute Gasteiger partial charge is 0.494 e. The van der Waals surface area contributed by atoms with Gasteiger partial charge >= 0.3 is 5.97 Å². The lowest BCUT2D eigenvalue weighted by molar-refractivity contribution is -0.138. The Labute approximate surface area is 251 Å². The predicted molar refractivity (Wildman–Crippen MR) is 166 cm³/mol. The van der Waals surface area contributed by atoms with Gasteiger partial charge < -0.3 is 25.6 Å². The van der Waals surface area contributed by atoms with Crippen LogP contribution in [0.25, 0.3) is 0 Å². The summed E-state index contributed by atoms with van der Waals surface area (Å²) in [6.45, 7) is 12.2. The number of halogens is 1. The van der Waals surface area contributed by atoms with Gasteiger partial charge in [0.25, 0.3) is 0 Å². The Bertz CT molecular complexity index is 1160. The summed E-state index contributed by atoms with van der Waals surface area (Å²) in [5.74, 6) is -0.259. The lowest BCUT2D eigenvalue weighted by Crippen LogP contribution is -2.41. The highest BCUT2D eigenvalue weighted by Gasteiger charge is 2.30. The zero-order valence-corrected chi connectivity index (χ0v) is 26.2. The first-order valence-electron chi connectivity index (χ1n) is 15.2. The van der Waals surface area contributed by atoms with E-state index in [1.54, 1.807) is 12.1 Å². The Hall–Kier alpha value is -2.75. The first-order valence-corrected chi connectivity index (χ1v) is 15.2. The molecule has 0 unspecified atom stereocenters. The van der Waals surface area contributed by atoms with Crippen molar-refractivity contribution in [1.82, 2.24) is 9.88 Å². The number of aryl methyl sites for hydroxylation is 2. The van der Waals surface area contributed by atoms with Crippen LogP contribution in [0, 0.1) is 16.6 Å². The lowest BCUT2D eigenvalue weighted by Gasteiger charge is -2.38. The van der Waals surface area contributed by atoms with Gasteiger partial charge in [-0.3, -0.25) is 9.69 Å². The maximum atomic E-state index is 14.7. The molecule has 1 aromatic heterocycles. The van der Waals surface area contributed by atoms with Gasteiger partial charge in [0.2, 0.25) is 0 Å². The van der Waals surface area contributed by atoms with Gasteiger partial charge in [-0.25, -0.2) is 9.37 Å². The number of nitrogens with two attached hydrogens (primary N) is 1. The number of hydrogen-bond acceptors (Lipinski definition) is 7. The maximum Gasteiger partial charge on any atom is 0.305 e. The minimum absolute atomic E-state index is 0.120. The number of rotatable bonds is 18. The van der Waals surface area contributed by atoms with E-state index < -0.39 is 17.8 Å². The molecule has 1 atom stereocenters. The van der Waals surface area contributed by atoms with Crippen molar-refractivity contribution in [3.05, 3.63) is 53.0 Å². The van der Waals surface area contributed by atoms with Crippen molar-refractivity contribution in [3.8, 4) is 5.75 Å². The second-order valence-corrected chi connectivity index (χ2v) is 13.2. The van der Waals surface area contributed by atoms with Gasteiger partial charge in [-0.05, 0) is 74.5 Å². The van der Waals surface area contributed by atoms with E-state index in [0.29, 0.717) is 38.4 Å². The molecule has 1 aliphatic heterocycles. The molecule has 0 saturated heterocycles. The Balaban J connectivity index is 1.70. The van der Waals surface area contributed by atoms with Crippen molar-refractivity contribution in [3.63, 3.8) is 0 Å². The normalized spacial score (nSPS) is 14.4. The van der Waals surface area contributed by atoms with Crippen LogP contribution in [0.3, 0.4) is 0 Å². The topological polar surface area (TPSA) is 110 Å². The highest BCUT2D eigenvalue weighted by Crippen LogP contribution is 2.32. The molecular formula is C33H51FN4O4. The number of anilines is 1. The van der Waals surface area contributed by atoms with E-state index in [1.165, 1.54) is 18.7 Å². The van der Waals surface area contributed by atoms with Crippen LogP contribution in [0.5, 0.6) is 5.75 Å². The number of methoxy groups -OCH3 is 1. The number of carbonyl (C=O) groups is 1. The number of carboxylic acids is 1. The van der Waals surface area contributed by atoms with Gasteiger partial charge in [0.05, 0.1) is 26.7 Å². The van der Waals surface area contributed by atoms with Crippen molar-refractivity contribution in [1.29, 1.82) is 0 Å². The van der Waals surface area contributed by atoms with E-state index in [4.69, 9.17) is 20.2 Å². The number of carboxylic acid groups (broad SMARTS) is 1. The molecule has 8 nitrogen and oxygen atoms in total. The Morgan fingerprint density at radius 2 is 1.90 bits per heavy atom. The van der Waals surface area contributed by atoms with E-state index in [-0.39, 0.29) is 23.0 Å². The molecule has 0 radical (unpaired) electrons. The fourth-order valence-corrected chi connectivity index (χ4v) is 5.42. The molecular weight excluding hydrogens is 535 g/mol. The Kier molecular flexibility index (Phi) is 12.6. The van der Waals surface area contributed by atoms with Crippen molar-refractivity contribution in [2.24, 2.45) is 16.6 Å². The fraction of sp³-hybridized carbons (Fsp3) is 0.636. The first-order chi connectivity index (χ1) is 19.9. The van der Waals surface area contributed by atoms with Crippen LogP contribution in [0.4, 0.5) is 10.2 Å². The molecule has 2 heterocycles. The number of hydrogen-bond donors (Lipinski definition) is 3. The molecule has 4 N–H and O–H groups in total. The van der Waals surface area contributed by atoms with E-state index in [2.05, 4.69) is 50.0 Å². The number of fused-ring (bicyclic) bond motifs is 1. The average Bonchev–Trinajstić information content (AvgIpc) is 2.94. The lowest BCUT2D eigenvalue weighted by atomic mass is 9.90. The first kappa shape index (κ1) is 33.7. The van der Waals surface area contributed by atoms with E-state index in [9.17, 15) is 14.3 Å². The van der Waals surface area contributed by atoms with Gasteiger partial charge in [0.15, 0.2) is 11.6 Å². The molecule has 0 amide bonds. The van der Waals surface area contributed by atoms with Crippen LogP contribution >= 0.6 is 0 Å². The van der Waals surface area contributed by atoms with Gasteiger partial charge in [-0.15, -0.1) is 0 Å². The maximum absolute atomic E-state index is 14.7. The number of aromatic nitrogens is 1. The fourth-order valence-electron chi connectivity index (χ4n) is 5.42. The van der Waals surface area contributed by atoms with Gasteiger partial charge in [-0.1, -0.05) is 46.2 Å². The van der Waals surface area contributed by atoms with Gasteiger partial charge in [0, 0.05) is 35.7 Å². The van der Waals surface area contributed by atoms with Crippen LogP contribution in [0.15, 0.2) is 30.3 Å². The SMILES string of the molecule is COc1ccc([C@H](CC(=O)O)N(CCCCCc2ccc3c(n2)NCCC3)CC(C)(C)COCC(C)(C)CN)cc1F. The van der Waals surface area contributed by atoms with Crippen LogP contribution in [-0.4, -0.2) is 67.5 Å². The number of nitrogens with one attached hydrogen (secondary N) is 1. The molecule has 0 bridgehead atoms. The molecule has 1 aromatic carbocycles. The summed E-state index contributed by atoms with van der Waals surface area (Å²) in [7, 11) is 1.42. The molecule has 234 valence electrons. The van der Waals surface area contributed by atoms with Crippen molar-refractivity contribution in [2.45, 2.75) is 78.7 Å². The van der Waals surface area contributed by atoms with Crippen molar-refractivity contribution in [2.75, 3.05) is 51.8 Å². The number of pyridine rings is 1. The molecule has 2 aromatic rings. The third-order valence-corrected chi connectivity index (χ3v) is 7.87. The zero-order chi connectivity index (χ0) is 30.8. The second-order valence-electron chi connectivity index (χ2n) is 13.2. The minimum atomic E-state index is -0.924. The van der Waals surface area contributed by atoms with Gasteiger partial charge in [-0.2, -0.15) is 0 Å². The summed E-state index contributed by atoms with van der Waals surface area (Å²) in [5.41, 5.74) is 8.50. The molecule has 0 saturated carbocycles. The molecule has 1 aliphatic rings. The number of ether oxygens (including phenoxy) is 2. The summed E-state index contributed by atoms with van der Waals surface area (Å²) < 4.78 is 25.9. The van der Waals surface area contributed by atoms with Crippen molar-refractivity contribution >= 4 is 11.8 Å². The monoisotopic (exact) mass is 586 g/mol. The minimum Gasteiger partial charge on any atom is -0.494 e. The number of aliphatic carboxylic acids is 1. The summed E-state index contributed by atoms with van der Waals surface area (Å²) >= 11 is 0.